The molecule has 1 amide bonds. The minimum Gasteiger partial charge on any atom is -0.467 e. The van der Waals surface area contributed by atoms with Gasteiger partial charge in [0.25, 0.3) is 5.91 Å². The van der Waals surface area contributed by atoms with Gasteiger partial charge in [0.05, 0.1) is 7.11 Å². The Kier molecular flexibility index (Phi) is 3.48. The molecule has 0 bridgehead atoms. The second-order valence-corrected chi connectivity index (χ2v) is 5.43. The Hall–Kier alpha value is -2.18. The van der Waals surface area contributed by atoms with Crippen LogP contribution in [-0.2, 0) is 16.0 Å². The molecule has 1 atom stereocenters. The topological polar surface area (TPSA) is 93.2 Å². The lowest BCUT2D eigenvalue weighted by Gasteiger charge is -2.21. The Balaban J connectivity index is 1.97. The largest absolute Gasteiger partial charge is 0.467 e. The molecule has 0 unspecified atom stereocenters. The van der Waals surface area contributed by atoms with E-state index in [4.69, 9.17) is 4.74 Å². The standard InChI is InChI=1S/C14H18N4O3/c1-7(14(20)21-2)16-12-9-5-6-15-13(19)10(9)17-11(18-12)8-3-4-8/h7-8H,3-6H2,1-2H3,(H,15,19)(H,16,17,18)/t7-/m0/s1. The summed E-state index contributed by atoms with van der Waals surface area (Å²) in [7, 11) is 1.35. The fourth-order valence-corrected chi connectivity index (χ4v) is 2.39. The first kappa shape index (κ1) is 13.8. The summed E-state index contributed by atoms with van der Waals surface area (Å²) in [5, 5.41) is 5.85. The number of fused-ring (bicyclic) bond motifs is 1. The van der Waals surface area contributed by atoms with E-state index in [1.165, 1.54) is 7.11 Å². The summed E-state index contributed by atoms with van der Waals surface area (Å²) in [6.45, 7) is 2.26. The van der Waals surface area contributed by atoms with Gasteiger partial charge >= 0.3 is 5.97 Å². The summed E-state index contributed by atoms with van der Waals surface area (Å²) in [4.78, 5) is 32.5. The molecule has 1 aromatic rings. The molecule has 1 saturated carbocycles. The van der Waals surface area contributed by atoms with Crippen LogP contribution in [0.25, 0.3) is 0 Å². The van der Waals surface area contributed by atoms with Crippen molar-refractivity contribution in [1.82, 2.24) is 15.3 Å². The molecule has 1 fully saturated rings. The molecule has 1 aromatic heterocycles. The highest BCUT2D eigenvalue weighted by atomic mass is 16.5. The number of amides is 1. The summed E-state index contributed by atoms with van der Waals surface area (Å²) in [5.41, 5.74) is 1.21. The molecule has 0 aromatic carbocycles. The number of methoxy groups -OCH3 is 1. The van der Waals surface area contributed by atoms with Crippen LogP contribution in [0, 0.1) is 0 Å². The van der Waals surface area contributed by atoms with E-state index in [1.807, 2.05) is 0 Å². The van der Waals surface area contributed by atoms with Gasteiger partial charge in [-0.05, 0) is 26.2 Å². The fourth-order valence-electron chi connectivity index (χ4n) is 2.39. The van der Waals surface area contributed by atoms with Crippen LogP contribution in [0.4, 0.5) is 5.82 Å². The molecule has 0 spiro atoms. The summed E-state index contributed by atoms with van der Waals surface area (Å²) in [6.07, 6.45) is 2.75. The van der Waals surface area contributed by atoms with Gasteiger partial charge in [0.15, 0.2) is 0 Å². The molecule has 3 rings (SSSR count). The maximum atomic E-state index is 12.0. The predicted molar refractivity (Wildman–Crippen MR) is 75.1 cm³/mol. The van der Waals surface area contributed by atoms with Crippen molar-refractivity contribution >= 4 is 17.7 Å². The molecule has 0 radical (unpaired) electrons. The average molecular weight is 290 g/mol. The van der Waals surface area contributed by atoms with Gasteiger partial charge in [-0.15, -0.1) is 0 Å². The number of carbonyl (C=O) groups excluding carboxylic acids is 2. The highest BCUT2D eigenvalue weighted by Crippen LogP contribution is 2.39. The molecule has 1 aliphatic carbocycles. The lowest BCUT2D eigenvalue weighted by atomic mass is 10.1. The van der Waals surface area contributed by atoms with Crippen LogP contribution in [0.3, 0.4) is 0 Å². The Bertz CT molecular complexity index is 598. The second kappa shape index (κ2) is 5.31. The zero-order valence-electron chi connectivity index (χ0n) is 12.1. The fraction of sp³-hybridized carbons (Fsp3) is 0.571. The molecule has 112 valence electrons. The van der Waals surface area contributed by atoms with Gasteiger partial charge in [-0.25, -0.2) is 14.8 Å². The van der Waals surface area contributed by atoms with Crippen molar-refractivity contribution in [2.24, 2.45) is 0 Å². The predicted octanol–water partition coefficient (Wildman–Crippen LogP) is 0.613. The summed E-state index contributed by atoms with van der Waals surface area (Å²) in [6, 6.07) is -0.522. The Morgan fingerprint density at radius 3 is 2.86 bits per heavy atom. The highest BCUT2D eigenvalue weighted by molar-refractivity contribution is 5.96. The highest BCUT2D eigenvalue weighted by Gasteiger charge is 2.31. The zero-order chi connectivity index (χ0) is 15.0. The number of anilines is 1. The Morgan fingerprint density at radius 1 is 1.43 bits per heavy atom. The van der Waals surface area contributed by atoms with Gasteiger partial charge < -0.3 is 15.4 Å². The minimum absolute atomic E-state index is 0.172. The molecular formula is C14H18N4O3. The number of esters is 1. The van der Waals surface area contributed by atoms with Gasteiger partial charge in [0.2, 0.25) is 0 Å². The van der Waals surface area contributed by atoms with Crippen LogP contribution < -0.4 is 10.6 Å². The van der Waals surface area contributed by atoms with Crippen molar-refractivity contribution in [3.63, 3.8) is 0 Å². The lowest BCUT2D eigenvalue weighted by Crippen LogP contribution is -2.35. The number of ether oxygens (including phenoxy) is 1. The van der Waals surface area contributed by atoms with E-state index >= 15 is 0 Å². The Labute approximate surface area is 122 Å². The van der Waals surface area contributed by atoms with Crippen molar-refractivity contribution in [3.8, 4) is 0 Å². The van der Waals surface area contributed by atoms with E-state index in [9.17, 15) is 9.59 Å². The van der Waals surface area contributed by atoms with Crippen molar-refractivity contribution in [2.75, 3.05) is 19.0 Å². The van der Waals surface area contributed by atoms with Gasteiger partial charge in [0, 0.05) is 18.0 Å². The molecule has 2 aliphatic rings. The first-order valence-corrected chi connectivity index (χ1v) is 7.13. The van der Waals surface area contributed by atoms with Crippen molar-refractivity contribution in [1.29, 1.82) is 0 Å². The van der Waals surface area contributed by atoms with Crippen LogP contribution in [0.15, 0.2) is 0 Å². The van der Waals surface area contributed by atoms with E-state index in [2.05, 4.69) is 20.6 Å². The first-order chi connectivity index (χ1) is 10.1. The molecule has 21 heavy (non-hydrogen) atoms. The molecule has 2 heterocycles. The number of hydrogen-bond donors (Lipinski definition) is 2. The lowest BCUT2D eigenvalue weighted by molar-refractivity contribution is -0.141. The number of nitrogens with zero attached hydrogens (tertiary/aromatic N) is 2. The number of carbonyl (C=O) groups is 2. The van der Waals surface area contributed by atoms with Crippen LogP contribution in [-0.4, -0.2) is 41.5 Å². The SMILES string of the molecule is COC(=O)[C@H](C)Nc1nc(C2CC2)nc2c1CCNC2=O. The van der Waals surface area contributed by atoms with Gasteiger partial charge in [-0.1, -0.05) is 0 Å². The molecule has 7 heteroatoms. The quantitative estimate of drug-likeness (QED) is 0.789. The zero-order valence-corrected chi connectivity index (χ0v) is 12.1. The van der Waals surface area contributed by atoms with E-state index in [0.717, 1.165) is 18.4 Å². The third-order valence-electron chi connectivity index (χ3n) is 3.75. The second-order valence-electron chi connectivity index (χ2n) is 5.43. The van der Waals surface area contributed by atoms with E-state index in [1.54, 1.807) is 6.92 Å². The van der Waals surface area contributed by atoms with E-state index in [0.29, 0.717) is 36.2 Å². The van der Waals surface area contributed by atoms with Crippen molar-refractivity contribution in [3.05, 3.63) is 17.1 Å². The molecule has 7 nitrogen and oxygen atoms in total. The third-order valence-corrected chi connectivity index (χ3v) is 3.75. The third kappa shape index (κ3) is 2.68. The average Bonchev–Trinajstić information content (AvgIpc) is 3.31. The van der Waals surface area contributed by atoms with Gasteiger partial charge in [-0.2, -0.15) is 0 Å². The first-order valence-electron chi connectivity index (χ1n) is 7.13. The maximum absolute atomic E-state index is 12.0. The number of aromatic nitrogens is 2. The summed E-state index contributed by atoms with van der Waals surface area (Å²) >= 11 is 0. The maximum Gasteiger partial charge on any atom is 0.328 e. The molecule has 0 saturated heterocycles. The van der Waals surface area contributed by atoms with Crippen LogP contribution in [0.1, 0.15) is 47.6 Å². The molecule has 1 aliphatic heterocycles. The number of hydrogen-bond acceptors (Lipinski definition) is 6. The number of rotatable bonds is 4. The molecular weight excluding hydrogens is 272 g/mol. The normalized spacial score (nSPS) is 18.5. The van der Waals surface area contributed by atoms with E-state index in [-0.39, 0.29) is 11.9 Å². The minimum atomic E-state index is -0.522. The monoisotopic (exact) mass is 290 g/mol. The van der Waals surface area contributed by atoms with Gasteiger partial charge in [-0.3, -0.25) is 4.79 Å². The van der Waals surface area contributed by atoms with Crippen molar-refractivity contribution < 1.29 is 14.3 Å². The van der Waals surface area contributed by atoms with Crippen molar-refractivity contribution in [2.45, 2.75) is 38.1 Å². The van der Waals surface area contributed by atoms with Gasteiger partial charge in [0.1, 0.15) is 23.4 Å². The Morgan fingerprint density at radius 2 is 2.19 bits per heavy atom. The smallest absolute Gasteiger partial charge is 0.328 e. The molecule has 2 N–H and O–H groups in total. The van der Waals surface area contributed by atoms with Crippen LogP contribution in [0.5, 0.6) is 0 Å². The van der Waals surface area contributed by atoms with Crippen LogP contribution >= 0.6 is 0 Å². The van der Waals surface area contributed by atoms with Crippen LogP contribution in [0.2, 0.25) is 0 Å². The number of nitrogens with one attached hydrogen (secondary N) is 2. The summed E-state index contributed by atoms with van der Waals surface area (Å²) in [5.74, 6) is 1.06. The van der Waals surface area contributed by atoms with E-state index < -0.39 is 6.04 Å². The summed E-state index contributed by atoms with van der Waals surface area (Å²) < 4.78 is 4.72.